The highest BCUT2D eigenvalue weighted by atomic mass is 16.4. The minimum Gasteiger partial charge on any atom is -0.478 e. The largest absolute Gasteiger partial charge is 0.478 e. The number of nitrogens with zero attached hydrogens (tertiary/aromatic N) is 2. The van der Waals surface area contributed by atoms with Gasteiger partial charge in [0.2, 0.25) is 0 Å². The van der Waals surface area contributed by atoms with Gasteiger partial charge in [-0.1, -0.05) is 12.8 Å². The monoisotopic (exact) mass is 232 g/mol. The van der Waals surface area contributed by atoms with Crippen molar-refractivity contribution in [3.63, 3.8) is 0 Å². The van der Waals surface area contributed by atoms with Crippen molar-refractivity contribution in [1.29, 1.82) is 0 Å². The molecule has 2 aromatic heterocycles. The van der Waals surface area contributed by atoms with Crippen LogP contribution in [-0.4, -0.2) is 21.0 Å². The van der Waals surface area contributed by atoms with Gasteiger partial charge in [0.05, 0.1) is 5.56 Å². The van der Waals surface area contributed by atoms with E-state index in [1.807, 2.05) is 0 Å². The number of carboxylic acids is 1. The number of fused-ring (bicyclic) bond motifs is 1. The number of aromatic nitrogens is 2. The highest BCUT2D eigenvalue weighted by Crippen LogP contribution is 2.34. The van der Waals surface area contributed by atoms with Crippen LogP contribution in [0.1, 0.15) is 47.8 Å². The molecule has 0 radical (unpaired) electrons. The molecule has 1 saturated carbocycles. The van der Waals surface area contributed by atoms with Gasteiger partial charge in [-0.25, -0.2) is 9.78 Å². The van der Waals surface area contributed by atoms with E-state index in [4.69, 9.17) is 9.52 Å². The summed E-state index contributed by atoms with van der Waals surface area (Å²) in [5.74, 6) is 0.0724. The maximum absolute atomic E-state index is 10.8. The molecule has 0 saturated heterocycles. The SMILES string of the molecule is O=C(O)c1cnc2nc(C3CCCC3)oc2c1. The maximum atomic E-state index is 10.8. The van der Waals surface area contributed by atoms with Gasteiger partial charge in [0.1, 0.15) is 0 Å². The van der Waals surface area contributed by atoms with Crippen LogP contribution in [0.4, 0.5) is 0 Å². The molecule has 5 nitrogen and oxygen atoms in total. The topological polar surface area (TPSA) is 76.2 Å². The summed E-state index contributed by atoms with van der Waals surface area (Å²) in [5, 5.41) is 8.86. The van der Waals surface area contributed by atoms with Crippen LogP contribution in [0.15, 0.2) is 16.7 Å². The molecule has 0 aliphatic heterocycles. The highest BCUT2D eigenvalue weighted by Gasteiger charge is 2.22. The van der Waals surface area contributed by atoms with Crippen molar-refractivity contribution in [1.82, 2.24) is 9.97 Å². The Hall–Kier alpha value is -1.91. The first-order valence-electron chi connectivity index (χ1n) is 5.74. The molecule has 2 aromatic rings. The van der Waals surface area contributed by atoms with Crippen molar-refractivity contribution in [3.8, 4) is 0 Å². The smallest absolute Gasteiger partial charge is 0.337 e. The number of carboxylic acid groups (broad SMARTS) is 1. The van der Waals surface area contributed by atoms with Crippen LogP contribution in [0.5, 0.6) is 0 Å². The van der Waals surface area contributed by atoms with Crippen LogP contribution >= 0.6 is 0 Å². The van der Waals surface area contributed by atoms with Gasteiger partial charge in [-0.15, -0.1) is 0 Å². The molecule has 3 rings (SSSR count). The molecule has 2 heterocycles. The summed E-state index contributed by atoms with van der Waals surface area (Å²) >= 11 is 0. The summed E-state index contributed by atoms with van der Waals surface area (Å²) in [4.78, 5) is 19.1. The number of aromatic carboxylic acids is 1. The van der Waals surface area contributed by atoms with E-state index in [1.165, 1.54) is 25.1 Å². The number of hydrogen-bond acceptors (Lipinski definition) is 4. The molecule has 1 N–H and O–H groups in total. The highest BCUT2D eigenvalue weighted by molar-refractivity contribution is 5.90. The van der Waals surface area contributed by atoms with Crippen molar-refractivity contribution in [2.75, 3.05) is 0 Å². The lowest BCUT2D eigenvalue weighted by molar-refractivity contribution is 0.0696. The normalized spacial score (nSPS) is 16.7. The zero-order chi connectivity index (χ0) is 11.8. The second-order valence-corrected chi connectivity index (χ2v) is 4.38. The van der Waals surface area contributed by atoms with Crippen molar-refractivity contribution in [2.24, 2.45) is 0 Å². The molecule has 1 aliphatic rings. The second-order valence-electron chi connectivity index (χ2n) is 4.38. The third kappa shape index (κ3) is 1.77. The van der Waals surface area contributed by atoms with E-state index in [0.717, 1.165) is 12.8 Å². The molecule has 0 spiro atoms. The number of pyridine rings is 1. The molecule has 88 valence electrons. The number of carbonyl (C=O) groups is 1. The third-order valence-electron chi connectivity index (χ3n) is 3.21. The lowest BCUT2D eigenvalue weighted by Gasteiger charge is -2.00. The lowest BCUT2D eigenvalue weighted by atomic mass is 10.1. The summed E-state index contributed by atoms with van der Waals surface area (Å²) in [7, 11) is 0. The first-order chi connectivity index (χ1) is 8.24. The standard InChI is InChI=1S/C12H12N2O3/c15-12(16)8-5-9-10(13-6-8)14-11(17-9)7-3-1-2-4-7/h5-7H,1-4H2,(H,15,16). The van der Waals surface area contributed by atoms with Gasteiger partial charge in [-0.05, 0) is 12.8 Å². The molecule has 0 atom stereocenters. The predicted molar refractivity (Wildman–Crippen MR) is 60.0 cm³/mol. The fraction of sp³-hybridized carbons (Fsp3) is 0.417. The van der Waals surface area contributed by atoms with Gasteiger partial charge in [-0.3, -0.25) is 0 Å². The van der Waals surface area contributed by atoms with E-state index >= 15 is 0 Å². The summed E-state index contributed by atoms with van der Waals surface area (Å²) < 4.78 is 5.61. The molecule has 0 bridgehead atoms. The van der Waals surface area contributed by atoms with Gasteiger partial charge in [0.25, 0.3) is 0 Å². The van der Waals surface area contributed by atoms with Gasteiger partial charge in [0, 0.05) is 18.2 Å². The molecule has 0 aromatic carbocycles. The van der Waals surface area contributed by atoms with Gasteiger partial charge >= 0.3 is 5.97 Å². The first-order valence-corrected chi connectivity index (χ1v) is 5.74. The Kier molecular flexibility index (Phi) is 2.31. The third-order valence-corrected chi connectivity index (χ3v) is 3.21. The second kappa shape index (κ2) is 3.84. The number of rotatable bonds is 2. The Labute approximate surface area is 97.5 Å². The minimum absolute atomic E-state index is 0.131. The summed E-state index contributed by atoms with van der Waals surface area (Å²) in [6.07, 6.45) is 5.91. The van der Waals surface area contributed by atoms with E-state index in [0.29, 0.717) is 23.0 Å². The predicted octanol–water partition coefficient (Wildman–Crippen LogP) is 2.58. The summed E-state index contributed by atoms with van der Waals surface area (Å²) in [5.41, 5.74) is 1.09. The lowest BCUT2D eigenvalue weighted by Crippen LogP contribution is -1.96. The summed E-state index contributed by atoms with van der Waals surface area (Å²) in [6, 6.07) is 1.48. The van der Waals surface area contributed by atoms with E-state index in [1.54, 1.807) is 0 Å². The van der Waals surface area contributed by atoms with Crippen LogP contribution in [0.3, 0.4) is 0 Å². The Bertz CT molecular complexity index is 570. The molecule has 1 aliphatic carbocycles. The number of hydrogen-bond donors (Lipinski definition) is 1. The zero-order valence-corrected chi connectivity index (χ0v) is 9.22. The molecule has 17 heavy (non-hydrogen) atoms. The maximum Gasteiger partial charge on any atom is 0.337 e. The van der Waals surface area contributed by atoms with Crippen LogP contribution < -0.4 is 0 Å². The van der Waals surface area contributed by atoms with E-state index < -0.39 is 5.97 Å². The Balaban J connectivity index is 2.03. The van der Waals surface area contributed by atoms with Crippen molar-refractivity contribution >= 4 is 17.2 Å². The zero-order valence-electron chi connectivity index (χ0n) is 9.22. The summed E-state index contributed by atoms with van der Waals surface area (Å²) in [6.45, 7) is 0. The Morgan fingerprint density at radius 3 is 2.88 bits per heavy atom. The fourth-order valence-corrected chi connectivity index (χ4v) is 2.30. The van der Waals surface area contributed by atoms with Gasteiger partial charge in [-0.2, -0.15) is 4.98 Å². The van der Waals surface area contributed by atoms with Crippen LogP contribution in [0, 0.1) is 0 Å². The molecular weight excluding hydrogens is 220 g/mol. The molecular formula is C12H12N2O3. The van der Waals surface area contributed by atoms with E-state index in [9.17, 15) is 4.79 Å². The Morgan fingerprint density at radius 2 is 2.18 bits per heavy atom. The Morgan fingerprint density at radius 1 is 1.41 bits per heavy atom. The molecule has 0 amide bonds. The number of oxazole rings is 1. The van der Waals surface area contributed by atoms with E-state index in [-0.39, 0.29) is 5.56 Å². The minimum atomic E-state index is -1.00. The van der Waals surface area contributed by atoms with Gasteiger partial charge in [0.15, 0.2) is 17.1 Å². The first kappa shape index (κ1) is 10.3. The quantitative estimate of drug-likeness (QED) is 0.861. The van der Waals surface area contributed by atoms with Crippen molar-refractivity contribution < 1.29 is 14.3 Å². The average Bonchev–Trinajstić information content (AvgIpc) is 2.96. The van der Waals surface area contributed by atoms with E-state index in [2.05, 4.69) is 9.97 Å². The van der Waals surface area contributed by atoms with Crippen LogP contribution in [0.2, 0.25) is 0 Å². The molecule has 1 fully saturated rings. The van der Waals surface area contributed by atoms with Crippen LogP contribution in [-0.2, 0) is 0 Å². The molecule has 5 heteroatoms. The fourth-order valence-electron chi connectivity index (χ4n) is 2.30. The molecule has 0 unspecified atom stereocenters. The van der Waals surface area contributed by atoms with Crippen molar-refractivity contribution in [2.45, 2.75) is 31.6 Å². The van der Waals surface area contributed by atoms with Crippen molar-refractivity contribution in [3.05, 3.63) is 23.7 Å². The average molecular weight is 232 g/mol. The van der Waals surface area contributed by atoms with Crippen LogP contribution in [0.25, 0.3) is 11.2 Å². The van der Waals surface area contributed by atoms with Gasteiger partial charge < -0.3 is 9.52 Å².